The van der Waals surface area contributed by atoms with Crippen LogP contribution >= 0.6 is 0 Å². The van der Waals surface area contributed by atoms with Crippen LogP contribution in [0, 0.1) is 5.92 Å². The van der Waals surface area contributed by atoms with Crippen LogP contribution in [-0.4, -0.2) is 26.6 Å². The van der Waals surface area contributed by atoms with Crippen LogP contribution in [0.1, 0.15) is 44.2 Å². The molecule has 3 unspecified atom stereocenters. The van der Waals surface area contributed by atoms with Crippen LogP contribution < -0.4 is 14.8 Å². The molecule has 1 N–H and O–H groups in total. The molecule has 0 aromatic heterocycles. The lowest BCUT2D eigenvalue weighted by Crippen LogP contribution is -2.28. The quantitative estimate of drug-likeness (QED) is 0.904. The van der Waals surface area contributed by atoms with Gasteiger partial charge in [-0.3, -0.25) is 0 Å². The lowest BCUT2D eigenvalue weighted by Gasteiger charge is -2.28. The summed E-state index contributed by atoms with van der Waals surface area (Å²) < 4.78 is 17.0. The van der Waals surface area contributed by atoms with E-state index in [1.165, 1.54) is 31.2 Å². The van der Waals surface area contributed by atoms with Gasteiger partial charge in [0, 0.05) is 0 Å². The number of rotatable bonds is 5. The maximum absolute atomic E-state index is 6.15. The maximum Gasteiger partial charge on any atom is 0.231 e. The van der Waals surface area contributed by atoms with E-state index < -0.39 is 0 Å². The molecule has 1 heterocycles. The zero-order chi connectivity index (χ0) is 14.7. The Kier molecular flexibility index (Phi) is 4.66. The summed E-state index contributed by atoms with van der Waals surface area (Å²) in [4.78, 5) is 0. The molecule has 1 fully saturated rings. The predicted molar refractivity (Wildman–Crippen MR) is 81.7 cm³/mol. The van der Waals surface area contributed by atoms with E-state index in [2.05, 4.69) is 24.4 Å². The first kappa shape index (κ1) is 14.7. The number of likely N-dealkylation sites (N-methyl/N-ethyl adjacent to an activating group) is 1. The highest BCUT2D eigenvalue weighted by molar-refractivity contribution is 5.45. The monoisotopic (exact) mass is 291 g/mol. The van der Waals surface area contributed by atoms with Crippen LogP contribution in [0.4, 0.5) is 0 Å². The summed E-state index contributed by atoms with van der Waals surface area (Å²) in [5.74, 6) is 2.46. The van der Waals surface area contributed by atoms with Crippen molar-refractivity contribution in [2.75, 3.05) is 20.4 Å². The van der Waals surface area contributed by atoms with Crippen LogP contribution in [-0.2, 0) is 4.74 Å². The molecule has 4 nitrogen and oxygen atoms in total. The summed E-state index contributed by atoms with van der Waals surface area (Å²) in [6, 6.07) is 6.31. The Hall–Kier alpha value is -1.26. The zero-order valence-electron chi connectivity index (χ0n) is 12.9. The topological polar surface area (TPSA) is 39.7 Å². The predicted octanol–water partition coefficient (Wildman–Crippen LogP) is 3.27. The third kappa shape index (κ3) is 3.50. The molecule has 3 atom stereocenters. The van der Waals surface area contributed by atoms with Gasteiger partial charge >= 0.3 is 0 Å². The fourth-order valence-electron chi connectivity index (χ4n) is 3.24. The highest BCUT2D eigenvalue weighted by Gasteiger charge is 2.22. The Morgan fingerprint density at radius 3 is 2.95 bits per heavy atom. The van der Waals surface area contributed by atoms with Gasteiger partial charge in [0.25, 0.3) is 0 Å². The largest absolute Gasteiger partial charge is 0.454 e. The van der Waals surface area contributed by atoms with Crippen molar-refractivity contribution < 1.29 is 14.2 Å². The van der Waals surface area contributed by atoms with E-state index in [4.69, 9.17) is 14.2 Å². The molecule has 1 saturated carbocycles. The Bertz CT molecular complexity index is 477. The van der Waals surface area contributed by atoms with Gasteiger partial charge in [-0.25, -0.2) is 0 Å². The summed E-state index contributed by atoms with van der Waals surface area (Å²) in [5.41, 5.74) is 1.19. The van der Waals surface area contributed by atoms with E-state index in [0.29, 0.717) is 19.5 Å². The highest BCUT2D eigenvalue weighted by Crippen LogP contribution is 2.34. The van der Waals surface area contributed by atoms with Crippen molar-refractivity contribution in [1.82, 2.24) is 5.32 Å². The van der Waals surface area contributed by atoms with Gasteiger partial charge in [-0.1, -0.05) is 25.8 Å². The average Bonchev–Trinajstić information content (AvgIpc) is 2.95. The number of hydrogen-bond acceptors (Lipinski definition) is 4. The first-order chi connectivity index (χ1) is 10.3. The maximum atomic E-state index is 6.15. The summed E-state index contributed by atoms with van der Waals surface area (Å²) in [7, 11) is 1.97. The second-order valence-corrected chi connectivity index (χ2v) is 6.18. The molecule has 116 valence electrons. The molecule has 1 aromatic rings. The minimum atomic E-state index is 0.191. The van der Waals surface area contributed by atoms with Gasteiger partial charge in [0.2, 0.25) is 6.79 Å². The van der Waals surface area contributed by atoms with Gasteiger partial charge in [0.15, 0.2) is 11.5 Å². The van der Waals surface area contributed by atoms with Crippen LogP contribution in [0.5, 0.6) is 11.5 Å². The van der Waals surface area contributed by atoms with Gasteiger partial charge < -0.3 is 19.5 Å². The summed E-state index contributed by atoms with van der Waals surface area (Å²) in [6.45, 7) is 3.34. The van der Waals surface area contributed by atoms with Crippen molar-refractivity contribution in [2.45, 2.75) is 44.8 Å². The molecular formula is C17H25NO3. The minimum Gasteiger partial charge on any atom is -0.454 e. The van der Waals surface area contributed by atoms with Crippen molar-refractivity contribution in [1.29, 1.82) is 0 Å². The molecule has 1 aliphatic heterocycles. The zero-order valence-corrected chi connectivity index (χ0v) is 12.9. The summed E-state index contributed by atoms with van der Waals surface area (Å²) in [5, 5.41) is 3.34. The number of benzene rings is 1. The number of hydrogen-bond donors (Lipinski definition) is 1. The van der Waals surface area contributed by atoms with Gasteiger partial charge in [-0.15, -0.1) is 0 Å². The van der Waals surface area contributed by atoms with E-state index in [1.807, 2.05) is 13.1 Å². The van der Waals surface area contributed by atoms with Crippen LogP contribution in [0.15, 0.2) is 18.2 Å². The van der Waals surface area contributed by atoms with Crippen molar-refractivity contribution in [2.24, 2.45) is 5.92 Å². The molecule has 0 bridgehead atoms. The molecular weight excluding hydrogens is 266 g/mol. The van der Waals surface area contributed by atoms with E-state index >= 15 is 0 Å². The first-order valence-electron chi connectivity index (χ1n) is 7.94. The fraction of sp³-hybridized carbons (Fsp3) is 0.647. The number of nitrogens with one attached hydrogen (secondary N) is 1. The minimum absolute atomic E-state index is 0.191. The Labute approximate surface area is 126 Å². The second-order valence-electron chi connectivity index (χ2n) is 6.18. The molecule has 1 aliphatic carbocycles. The second kappa shape index (κ2) is 6.67. The molecule has 4 heteroatoms. The lowest BCUT2D eigenvalue weighted by atomic mass is 9.89. The summed E-state index contributed by atoms with van der Waals surface area (Å²) in [6.07, 6.45) is 5.44. The molecule has 1 aromatic carbocycles. The van der Waals surface area contributed by atoms with Crippen molar-refractivity contribution in [3.05, 3.63) is 23.8 Å². The normalized spacial score (nSPS) is 25.8. The van der Waals surface area contributed by atoms with Crippen molar-refractivity contribution >= 4 is 0 Å². The molecule has 21 heavy (non-hydrogen) atoms. The molecule has 0 saturated heterocycles. The third-order valence-corrected chi connectivity index (χ3v) is 4.53. The summed E-state index contributed by atoms with van der Waals surface area (Å²) >= 11 is 0. The van der Waals surface area contributed by atoms with E-state index in [-0.39, 0.29) is 6.04 Å². The average molecular weight is 291 g/mol. The molecule has 0 amide bonds. The highest BCUT2D eigenvalue weighted by atomic mass is 16.7. The van der Waals surface area contributed by atoms with Crippen LogP contribution in [0.3, 0.4) is 0 Å². The van der Waals surface area contributed by atoms with Gasteiger partial charge in [-0.05, 0) is 43.5 Å². The molecule has 0 radical (unpaired) electrons. The Balaban J connectivity index is 1.59. The van der Waals surface area contributed by atoms with E-state index in [0.717, 1.165) is 17.4 Å². The number of fused-ring (bicyclic) bond motifs is 1. The molecule has 0 spiro atoms. The van der Waals surface area contributed by atoms with Crippen molar-refractivity contribution in [3.63, 3.8) is 0 Å². The van der Waals surface area contributed by atoms with E-state index in [9.17, 15) is 0 Å². The smallest absolute Gasteiger partial charge is 0.231 e. The lowest BCUT2D eigenvalue weighted by molar-refractivity contribution is 0.00487. The fourth-order valence-corrected chi connectivity index (χ4v) is 3.24. The Morgan fingerprint density at radius 2 is 2.14 bits per heavy atom. The SMILES string of the molecule is CNC(COC1CCCC(C)C1)c1ccc2c(c1)OCO2. The van der Waals surface area contributed by atoms with Crippen LogP contribution in [0.25, 0.3) is 0 Å². The third-order valence-electron chi connectivity index (χ3n) is 4.53. The first-order valence-corrected chi connectivity index (χ1v) is 7.94. The van der Waals surface area contributed by atoms with Gasteiger partial charge in [-0.2, -0.15) is 0 Å². The van der Waals surface area contributed by atoms with Gasteiger partial charge in [0.1, 0.15) is 0 Å². The van der Waals surface area contributed by atoms with Crippen LogP contribution in [0.2, 0.25) is 0 Å². The molecule has 3 rings (SSSR count). The molecule has 2 aliphatic rings. The number of ether oxygens (including phenoxy) is 3. The van der Waals surface area contributed by atoms with Gasteiger partial charge in [0.05, 0.1) is 18.8 Å². The standard InChI is InChI=1S/C17H25NO3/c1-12-4-3-5-14(8-12)19-10-15(18-2)13-6-7-16-17(9-13)21-11-20-16/h6-7,9,12,14-15,18H,3-5,8,10-11H2,1-2H3. The van der Waals surface area contributed by atoms with Crippen molar-refractivity contribution in [3.8, 4) is 11.5 Å². The van der Waals surface area contributed by atoms with E-state index in [1.54, 1.807) is 0 Å². The Morgan fingerprint density at radius 1 is 1.29 bits per heavy atom.